The van der Waals surface area contributed by atoms with Gasteiger partial charge in [-0.05, 0) is 60.3 Å². The van der Waals surface area contributed by atoms with Crippen molar-refractivity contribution in [3.63, 3.8) is 0 Å². The van der Waals surface area contributed by atoms with Crippen LogP contribution in [-0.4, -0.2) is 69.1 Å². The van der Waals surface area contributed by atoms with Gasteiger partial charge in [0.25, 0.3) is 0 Å². The van der Waals surface area contributed by atoms with E-state index in [1.54, 1.807) is 6.92 Å². The molecule has 2 aliphatic rings. The minimum absolute atomic E-state index is 0.0481. The van der Waals surface area contributed by atoms with Crippen molar-refractivity contribution >= 4 is 21.7 Å². The van der Waals surface area contributed by atoms with Crippen LogP contribution < -0.4 is 9.47 Å². The van der Waals surface area contributed by atoms with Gasteiger partial charge in [-0.1, -0.05) is 13.0 Å². The van der Waals surface area contributed by atoms with Crippen molar-refractivity contribution < 1.29 is 40.9 Å². The van der Waals surface area contributed by atoms with E-state index in [4.69, 9.17) is 9.47 Å². The number of aromatic nitrogens is 3. The zero-order valence-corrected chi connectivity index (χ0v) is 22.4. The molecule has 13 heteroatoms. The van der Waals surface area contributed by atoms with Gasteiger partial charge in [0.2, 0.25) is 5.88 Å². The maximum atomic E-state index is 16.3. The molecular weight excluding hydrogens is 566 g/mol. The highest BCUT2D eigenvalue weighted by Crippen LogP contribution is 2.41. The standard InChI is InChI=1S/C29H26F6N4O3/c1-2-18-21(31)5-4-15-8-17(40)9-19(22(15)18)24-23(32)25-20(11-36-24)26(41-14-29(33,34)35)38-27(37-25)42-13-28-6-3-7-39(28)12-16(30)10-28/h4-5,8-9,11,16,40H,2-3,6-7,10,12-14H2,1H3/t16-,28+/m1/s1. The van der Waals surface area contributed by atoms with Crippen LogP contribution in [0.4, 0.5) is 26.3 Å². The van der Waals surface area contributed by atoms with Crippen LogP contribution in [0.5, 0.6) is 17.6 Å². The van der Waals surface area contributed by atoms with Crippen LogP contribution in [-0.2, 0) is 6.42 Å². The monoisotopic (exact) mass is 592 g/mol. The molecule has 0 radical (unpaired) electrons. The molecule has 1 N–H and O–H groups in total. The van der Waals surface area contributed by atoms with Gasteiger partial charge in [0.1, 0.15) is 35.6 Å². The summed E-state index contributed by atoms with van der Waals surface area (Å²) < 4.78 is 95.1. The molecule has 2 aromatic heterocycles. The highest BCUT2D eigenvalue weighted by atomic mass is 19.4. The second-order valence-electron chi connectivity index (χ2n) is 10.7. The van der Waals surface area contributed by atoms with E-state index in [0.717, 1.165) is 12.6 Å². The third-order valence-electron chi connectivity index (χ3n) is 7.99. The lowest BCUT2D eigenvalue weighted by Gasteiger charge is -2.30. The highest BCUT2D eigenvalue weighted by molar-refractivity contribution is 6.01. The van der Waals surface area contributed by atoms with E-state index >= 15 is 4.39 Å². The molecule has 4 heterocycles. The zero-order valence-electron chi connectivity index (χ0n) is 22.4. The molecule has 0 unspecified atom stereocenters. The lowest BCUT2D eigenvalue weighted by molar-refractivity contribution is -0.153. The van der Waals surface area contributed by atoms with Gasteiger partial charge in [-0.3, -0.25) is 9.88 Å². The first-order chi connectivity index (χ1) is 20.0. The third-order valence-corrected chi connectivity index (χ3v) is 7.99. The summed E-state index contributed by atoms with van der Waals surface area (Å²) in [6.45, 7) is 0.904. The van der Waals surface area contributed by atoms with Gasteiger partial charge in [-0.2, -0.15) is 23.1 Å². The lowest BCUT2D eigenvalue weighted by atomic mass is 9.94. The molecule has 0 amide bonds. The fourth-order valence-electron chi connectivity index (χ4n) is 6.20. The Hall–Kier alpha value is -3.87. The quantitative estimate of drug-likeness (QED) is 0.253. The molecule has 2 atom stereocenters. The summed E-state index contributed by atoms with van der Waals surface area (Å²) >= 11 is 0. The van der Waals surface area contributed by atoms with Crippen molar-refractivity contribution in [2.24, 2.45) is 0 Å². The lowest BCUT2D eigenvalue weighted by Crippen LogP contribution is -2.43. The van der Waals surface area contributed by atoms with Crippen LogP contribution in [0.1, 0.15) is 31.7 Å². The van der Waals surface area contributed by atoms with Gasteiger partial charge in [-0.25, -0.2) is 13.2 Å². The van der Waals surface area contributed by atoms with Gasteiger partial charge < -0.3 is 14.6 Å². The minimum Gasteiger partial charge on any atom is -0.508 e. The smallest absolute Gasteiger partial charge is 0.422 e. The first-order valence-electron chi connectivity index (χ1n) is 13.5. The van der Waals surface area contributed by atoms with Crippen LogP contribution in [0, 0.1) is 11.6 Å². The van der Waals surface area contributed by atoms with Crippen LogP contribution in [0.3, 0.4) is 0 Å². The fraction of sp³-hybridized carbons (Fsp3) is 0.414. The number of ether oxygens (including phenoxy) is 2. The fourth-order valence-corrected chi connectivity index (χ4v) is 6.20. The Morgan fingerprint density at radius 2 is 1.95 bits per heavy atom. The number of pyridine rings is 1. The van der Waals surface area contributed by atoms with E-state index in [0.29, 0.717) is 23.7 Å². The molecule has 2 saturated heterocycles. The average molecular weight is 593 g/mol. The maximum Gasteiger partial charge on any atom is 0.422 e. The maximum absolute atomic E-state index is 16.3. The molecule has 2 aliphatic heterocycles. The molecule has 7 nitrogen and oxygen atoms in total. The topological polar surface area (TPSA) is 80.6 Å². The van der Waals surface area contributed by atoms with E-state index in [-0.39, 0.29) is 53.9 Å². The molecule has 2 fully saturated rings. The highest BCUT2D eigenvalue weighted by Gasteiger charge is 2.49. The van der Waals surface area contributed by atoms with E-state index in [1.165, 1.54) is 24.3 Å². The largest absolute Gasteiger partial charge is 0.508 e. The number of benzene rings is 2. The molecule has 0 saturated carbocycles. The van der Waals surface area contributed by atoms with Crippen molar-refractivity contribution in [3.05, 3.63) is 47.7 Å². The number of phenols is 1. The molecule has 0 spiro atoms. The van der Waals surface area contributed by atoms with Crippen molar-refractivity contribution in [1.29, 1.82) is 0 Å². The molecule has 6 rings (SSSR count). The predicted octanol–water partition coefficient (Wildman–Crippen LogP) is 6.29. The Morgan fingerprint density at radius 3 is 2.71 bits per heavy atom. The van der Waals surface area contributed by atoms with E-state index in [9.17, 15) is 27.1 Å². The van der Waals surface area contributed by atoms with Crippen molar-refractivity contribution in [2.45, 2.75) is 50.5 Å². The number of nitrogens with zero attached hydrogens (tertiary/aromatic N) is 4. The Morgan fingerprint density at radius 1 is 1.14 bits per heavy atom. The molecule has 0 aliphatic carbocycles. The van der Waals surface area contributed by atoms with Crippen molar-refractivity contribution in [3.8, 4) is 28.9 Å². The van der Waals surface area contributed by atoms with Crippen LogP contribution in [0.15, 0.2) is 30.5 Å². The number of aryl methyl sites for hydroxylation is 1. The Labute approximate surface area is 236 Å². The van der Waals surface area contributed by atoms with Crippen molar-refractivity contribution in [2.75, 3.05) is 26.3 Å². The van der Waals surface area contributed by atoms with Gasteiger partial charge in [0.05, 0.1) is 10.9 Å². The van der Waals surface area contributed by atoms with E-state index in [2.05, 4.69) is 15.0 Å². The summed E-state index contributed by atoms with van der Waals surface area (Å²) in [5.41, 5.74) is -1.03. The van der Waals surface area contributed by atoms with E-state index in [1.807, 2.05) is 4.90 Å². The number of alkyl halides is 4. The Bertz CT molecular complexity index is 1680. The van der Waals surface area contributed by atoms with Gasteiger partial charge in [-0.15, -0.1) is 0 Å². The summed E-state index contributed by atoms with van der Waals surface area (Å²) in [5.74, 6) is -2.40. The number of hydrogen-bond donors (Lipinski definition) is 1. The summed E-state index contributed by atoms with van der Waals surface area (Å²) in [6, 6.07) is 4.89. The predicted molar refractivity (Wildman–Crippen MR) is 141 cm³/mol. The normalized spacial score (nSPS) is 20.9. The summed E-state index contributed by atoms with van der Waals surface area (Å²) in [6.07, 6.45) is -2.73. The molecule has 222 valence electrons. The van der Waals surface area contributed by atoms with Gasteiger partial charge >= 0.3 is 12.2 Å². The number of phenolic OH excluding ortho intramolecular Hbond substituents is 1. The SMILES string of the molecule is CCc1c(F)ccc2cc(O)cc(-c3ncc4c(OCC(F)(F)F)nc(OC[C@@]56CCCN5C[C@H](F)C6)nc4c3F)c12. The van der Waals surface area contributed by atoms with Gasteiger partial charge in [0.15, 0.2) is 12.4 Å². The van der Waals surface area contributed by atoms with Crippen LogP contribution in [0.25, 0.3) is 32.9 Å². The summed E-state index contributed by atoms with van der Waals surface area (Å²) in [5, 5.41) is 10.9. The Kier molecular flexibility index (Phi) is 7.03. The third kappa shape index (κ3) is 5.03. The van der Waals surface area contributed by atoms with E-state index < -0.39 is 53.5 Å². The molecule has 4 aromatic rings. The molecular formula is C29H26F6N4O3. The summed E-state index contributed by atoms with van der Waals surface area (Å²) in [7, 11) is 0. The van der Waals surface area contributed by atoms with Crippen LogP contribution in [0.2, 0.25) is 0 Å². The molecule has 42 heavy (non-hydrogen) atoms. The number of hydrogen-bond acceptors (Lipinski definition) is 7. The number of halogens is 6. The second-order valence-corrected chi connectivity index (χ2v) is 10.7. The minimum atomic E-state index is -4.71. The first kappa shape index (κ1) is 28.3. The summed E-state index contributed by atoms with van der Waals surface area (Å²) in [4.78, 5) is 14.2. The molecule has 2 aromatic carbocycles. The number of rotatable bonds is 7. The number of aromatic hydroxyl groups is 1. The number of fused-ring (bicyclic) bond motifs is 3. The Balaban J connectivity index is 1.48. The van der Waals surface area contributed by atoms with Crippen molar-refractivity contribution in [1.82, 2.24) is 19.9 Å². The van der Waals surface area contributed by atoms with Crippen LogP contribution >= 0.6 is 0 Å². The second kappa shape index (κ2) is 10.4. The molecule has 0 bridgehead atoms. The first-order valence-corrected chi connectivity index (χ1v) is 13.5. The zero-order chi connectivity index (χ0) is 29.8. The average Bonchev–Trinajstić information content (AvgIpc) is 3.46. The van der Waals surface area contributed by atoms with Gasteiger partial charge in [0, 0.05) is 24.7 Å².